The molecular formula is C44H26N4. The van der Waals surface area contributed by atoms with Gasteiger partial charge in [-0.2, -0.15) is 5.26 Å². The van der Waals surface area contributed by atoms with E-state index in [1.807, 2.05) is 48.5 Å². The maximum Gasteiger partial charge on any atom is 0.189 e. The lowest BCUT2D eigenvalue weighted by molar-refractivity contribution is 1.17. The lowest BCUT2D eigenvalue weighted by Gasteiger charge is -2.17. The summed E-state index contributed by atoms with van der Waals surface area (Å²) in [7, 11) is 0. The molecule has 0 fully saturated rings. The van der Waals surface area contributed by atoms with E-state index < -0.39 is 0 Å². The van der Waals surface area contributed by atoms with Crippen LogP contribution in [0.2, 0.25) is 0 Å². The van der Waals surface area contributed by atoms with Gasteiger partial charge in [-0.1, -0.05) is 103 Å². The second kappa shape index (κ2) is 10.9. The second-order valence-electron chi connectivity index (χ2n) is 12.0. The number of para-hydroxylation sites is 3. The van der Waals surface area contributed by atoms with Crippen molar-refractivity contribution in [1.29, 1.82) is 5.26 Å². The fourth-order valence-electron chi connectivity index (χ4n) is 7.34. The van der Waals surface area contributed by atoms with Crippen molar-refractivity contribution in [2.45, 2.75) is 0 Å². The molecule has 2 heterocycles. The number of fused-ring (bicyclic) bond motifs is 6. The average Bonchev–Trinajstić information content (AvgIpc) is 3.67. The Hall–Kier alpha value is -6.88. The number of hydrogen-bond donors (Lipinski definition) is 0. The summed E-state index contributed by atoms with van der Waals surface area (Å²) in [6, 6.07) is 56.8. The Bertz CT molecular complexity index is 2790. The first kappa shape index (κ1) is 27.4. The maximum absolute atomic E-state index is 10.5. The van der Waals surface area contributed by atoms with Crippen LogP contribution in [-0.4, -0.2) is 9.13 Å². The molecule has 4 heteroatoms. The van der Waals surface area contributed by atoms with E-state index >= 15 is 0 Å². The third-order valence-corrected chi connectivity index (χ3v) is 9.35. The first-order chi connectivity index (χ1) is 23.7. The van der Waals surface area contributed by atoms with Crippen LogP contribution < -0.4 is 0 Å². The van der Waals surface area contributed by atoms with Crippen LogP contribution in [-0.2, 0) is 0 Å². The van der Waals surface area contributed by atoms with E-state index in [9.17, 15) is 5.26 Å². The average molecular weight is 611 g/mol. The molecule has 9 aromatic rings. The van der Waals surface area contributed by atoms with Crippen LogP contribution in [0.1, 0.15) is 5.56 Å². The molecule has 0 amide bonds. The van der Waals surface area contributed by atoms with E-state index in [0.717, 1.165) is 61.0 Å². The molecule has 0 unspecified atom stereocenters. The van der Waals surface area contributed by atoms with Crippen molar-refractivity contribution in [1.82, 2.24) is 9.13 Å². The molecule has 0 saturated carbocycles. The van der Waals surface area contributed by atoms with Crippen molar-refractivity contribution in [3.05, 3.63) is 175 Å². The topological polar surface area (TPSA) is 38.0 Å². The molecule has 0 spiro atoms. The quantitative estimate of drug-likeness (QED) is 0.183. The van der Waals surface area contributed by atoms with Gasteiger partial charge < -0.3 is 9.13 Å². The van der Waals surface area contributed by atoms with E-state index in [2.05, 4.69) is 123 Å². The summed E-state index contributed by atoms with van der Waals surface area (Å²) in [4.78, 5) is 3.72. The minimum absolute atomic E-state index is 0.443. The standard InChI is InChI=1S/C44H26N4/c1-46-32-25-31(28-45)44(37(27-32)29-13-4-2-5-14-29)48-40-21-11-9-18-36(40)43-34(19-12-22-42(43)48)30-23-24-41-38(26-30)35-17-8-10-20-39(35)47(41)33-15-6-3-7-16-33/h2-27H. The molecule has 0 aliphatic carbocycles. The predicted molar refractivity (Wildman–Crippen MR) is 197 cm³/mol. The molecule has 0 atom stereocenters. The Morgan fingerprint density at radius 3 is 1.90 bits per heavy atom. The summed E-state index contributed by atoms with van der Waals surface area (Å²) < 4.78 is 4.55. The zero-order valence-corrected chi connectivity index (χ0v) is 25.8. The SMILES string of the molecule is [C-]#[N+]c1cc(C#N)c(-n2c3ccccc3c3c(-c4ccc5c(c4)c4ccccc4n5-c4ccccc4)cccc32)c(-c2ccccc2)c1. The highest BCUT2D eigenvalue weighted by molar-refractivity contribution is 6.18. The van der Waals surface area contributed by atoms with Crippen LogP contribution in [0.4, 0.5) is 5.69 Å². The predicted octanol–water partition coefficient (Wildman–Crippen LogP) is 11.6. The molecule has 0 aliphatic rings. The van der Waals surface area contributed by atoms with Gasteiger partial charge in [0, 0.05) is 27.2 Å². The van der Waals surface area contributed by atoms with Gasteiger partial charge >= 0.3 is 0 Å². The Morgan fingerprint density at radius 1 is 0.500 bits per heavy atom. The summed E-state index contributed by atoms with van der Waals surface area (Å²) in [6.07, 6.45) is 0. The van der Waals surface area contributed by atoms with Crippen molar-refractivity contribution in [2.75, 3.05) is 0 Å². The second-order valence-corrected chi connectivity index (χ2v) is 12.0. The highest BCUT2D eigenvalue weighted by Gasteiger charge is 2.22. The molecule has 2 aromatic heterocycles. The van der Waals surface area contributed by atoms with E-state index in [4.69, 9.17) is 6.57 Å². The third-order valence-electron chi connectivity index (χ3n) is 9.35. The molecule has 0 saturated heterocycles. The Morgan fingerprint density at radius 2 is 1.15 bits per heavy atom. The Kier molecular flexibility index (Phi) is 6.22. The van der Waals surface area contributed by atoms with Crippen LogP contribution in [0.15, 0.2) is 158 Å². The molecule has 48 heavy (non-hydrogen) atoms. The third kappa shape index (κ3) is 4.07. The summed E-state index contributed by atoms with van der Waals surface area (Å²) in [5.41, 5.74) is 11.2. The van der Waals surface area contributed by atoms with Gasteiger partial charge in [0.25, 0.3) is 0 Å². The first-order valence-corrected chi connectivity index (χ1v) is 15.9. The van der Waals surface area contributed by atoms with Gasteiger partial charge in [0.1, 0.15) is 6.07 Å². The highest BCUT2D eigenvalue weighted by Crippen LogP contribution is 2.43. The van der Waals surface area contributed by atoms with Gasteiger partial charge in [0.05, 0.1) is 39.9 Å². The summed E-state index contributed by atoms with van der Waals surface area (Å²) >= 11 is 0. The van der Waals surface area contributed by atoms with E-state index in [0.29, 0.717) is 11.3 Å². The molecule has 7 aromatic carbocycles. The Labute approximate surface area is 277 Å². The number of hydrogen-bond acceptors (Lipinski definition) is 1. The van der Waals surface area contributed by atoms with Crippen LogP contribution >= 0.6 is 0 Å². The van der Waals surface area contributed by atoms with Crippen molar-refractivity contribution in [3.8, 4) is 39.7 Å². The summed E-state index contributed by atoms with van der Waals surface area (Å²) in [5, 5.41) is 15.1. The zero-order valence-electron chi connectivity index (χ0n) is 25.8. The van der Waals surface area contributed by atoms with Crippen LogP contribution in [0.25, 0.3) is 82.1 Å². The first-order valence-electron chi connectivity index (χ1n) is 15.9. The molecule has 0 N–H and O–H groups in total. The monoisotopic (exact) mass is 610 g/mol. The molecule has 4 nitrogen and oxygen atoms in total. The molecule has 0 aliphatic heterocycles. The van der Waals surface area contributed by atoms with Crippen LogP contribution in [0, 0.1) is 17.9 Å². The lowest BCUT2D eigenvalue weighted by atomic mass is 9.97. The normalized spacial score (nSPS) is 11.3. The van der Waals surface area contributed by atoms with Gasteiger partial charge in [0.2, 0.25) is 0 Å². The van der Waals surface area contributed by atoms with Crippen molar-refractivity contribution < 1.29 is 0 Å². The van der Waals surface area contributed by atoms with Crippen molar-refractivity contribution in [2.24, 2.45) is 0 Å². The van der Waals surface area contributed by atoms with Crippen molar-refractivity contribution in [3.63, 3.8) is 0 Å². The number of benzene rings is 7. The fraction of sp³-hybridized carbons (Fsp3) is 0. The van der Waals surface area contributed by atoms with Gasteiger partial charge in [-0.3, -0.25) is 0 Å². The zero-order chi connectivity index (χ0) is 32.2. The number of rotatable bonds is 4. The summed E-state index contributed by atoms with van der Waals surface area (Å²) in [6.45, 7) is 7.77. The van der Waals surface area contributed by atoms with E-state index in [1.54, 1.807) is 6.07 Å². The van der Waals surface area contributed by atoms with Gasteiger partial charge in [0.15, 0.2) is 5.69 Å². The molecule has 0 radical (unpaired) electrons. The molecule has 9 rings (SSSR count). The van der Waals surface area contributed by atoms with Gasteiger partial charge in [-0.15, -0.1) is 0 Å². The summed E-state index contributed by atoms with van der Waals surface area (Å²) in [5.74, 6) is 0. The smallest absolute Gasteiger partial charge is 0.189 e. The van der Waals surface area contributed by atoms with Gasteiger partial charge in [-0.05, 0) is 76.9 Å². The largest absolute Gasteiger partial charge is 0.309 e. The molecule has 0 bridgehead atoms. The lowest BCUT2D eigenvalue weighted by Crippen LogP contribution is -2.01. The number of nitrogens with zero attached hydrogens (tertiary/aromatic N) is 4. The van der Waals surface area contributed by atoms with Crippen LogP contribution in [0.5, 0.6) is 0 Å². The van der Waals surface area contributed by atoms with Crippen LogP contribution in [0.3, 0.4) is 0 Å². The number of aromatic nitrogens is 2. The maximum atomic E-state index is 10.5. The highest BCUT2D eigenvalue weighted by atomic mass is 15.0. The minimum atomic E-state index is 0.443. The molecule has 222 valence electrons. The fourth-order valence-corrected chi connectivity index (χ4v) is 7.34. The van der Waals surface area contributed by atoms with Crippen molar-refractivity contribution >= 4 is 49.3 Å². The minimum Gasteiger partial charge on any atom is -0.309 e. The number of nitriles is 1. The van der Waals surface area contributed by atoms with Gasteiger partial charge in [-0.25, -0.2) is 4.85 Å². The molecular weight excluding hydrogens is 585 g/mol. The van der Waals surface area contributed by atoms with E-state index in [1.165, 1.54) is 16.3 Å². The Balaban J connectivity index is 1.35. The van der Waals surface area contributed by atoms with E-state index in [-0.39, 0.29) is 0 Å².